The number of aryl methyl sites for hydroxylation is 2. The summed E-state index contributed by atoms with van der Waals surface area (Å²) in [5.74, 6) is -0.317. The van der Waals surface area contributed by atoms with Gasteiger partial charge in [-0.25, -0.2) is 0 Å². The number of benzene rings is 2. The minimum Gasteiger partial charge on any atom is -0.507 e. The Morgan fingerprint density at radius 2 is 1.74 bits per heavy atom. The lowest BCUT2D eigenvalue weighted by molar-refractivity contribution is -0.140. The third-order valence-electron chi connectivity index (χ3n) is 6.04. The van der Waals surface area contributed by atoms with Gasteiger partial charge in [-0.15, -0.1) is 0 Å². The lowest BCUT2D eigenvalue weighted by atomic mass is 9.92. The molecule has 188 valence electrons. The zero-order valence-electron chi connectivity index (χ0n) is 21.6. The summed E-state index contributed by atoms with van der Waals surface area (Å²) >= 11 is 0. The molecule has 1 aliphatic heterocycles. The lowest BCUT2D eigenvalue weighted by Gasteiger charge is -2.26. The first-order valence-corrected chi connectivity index (χ1v) is 12.3. The molecule has 1 aliphatic rings. The second kappa shape index (κ2) is 11.5. The summed E-state index contributed by atoms with van der Waals surface area (Å²) in [5.41, 5.74) is 3.22. The van der Waals surface area contributed by atoms with E-state index >= 15 is 0 Å². The number of nitrogens with zero attached hydrogens (tertiary/aromatic N) is 1. The van der Waals surface area contributed by atoms with Crippen molar-refractivity contribution in [2.24, 2.45) is 5.92 Å². The van der Waals surface area contributed by atoms with Crippen molar-refractivity contribution in [1.82, 2.24) is 4.90 Å². The van der Waals surface area contributed by atoms with E-state index in [0.717, 1.165) is 22.4 Å². The second-order valence-electron chi connectivity index (χ2n) is 9.81. The fourth-order valence-electron chi connectivity index (χ4n) is 4.25. The first-order chi connectivity index (χ1) is 16.6. The number of ether oxygens (including phenoxy) is 2. The fraction of sp³-hybridized carbons (Fsp3) is 0.448. The van der Waals surface area contributed by atoms with Crippen LogP contribution in [0.3, 0.4) is 0 Å². The Morgan fingerprint density at radius 3 is 2.37 bits per heavy atom. The van der Waals surface area contributed by atoms with Crippen molar-refractivity contribution in [2.45, 2.75) is 60.1 Å². The summed E-state index contributed by atoms with van der Waals surface area (Å²) in [6.45, 7) is 13.4. The van der Waals surface area contributed by atoms with Crippen molar-refractivity contribution in [3.05, 3.63) is 70.3 Å². The number of likely N-dealkylation sites (tertiary alicyclic amines) is 1. The maximum atomic E-state index is 13.2. The largest absolute Gasteiger partial charge is 0.507 e. The fourth-order valence-corrected chi connectivity index (χ4v) is 4.25. The first kappa shape index (κ1) is 26.5. The number of hydrogen-bond acceptors (Lipinski definition) is 5. The molecular weight excluding hydrogens is 442 g/mol. The topological polar surface area (TPSA) is 76.1 Å². The average Bonchev–Trinajstić information content (AvgIpc) is 3.05. The Hall–Kier alpha value is -3.12. The second-order valence-corrected chi connectivity index (χ2v) is 9.81. The van der Waals surface area contributed by atoms with Crippen LogP contribution < -0.4 is 4.74 Å². The molecule has 6 heteroatoms. The van der Waals surface area contributed by atoms with E-state index in [2.05, 4.69) is 13.8 Å². The first-order valence-electron chi connectivity index (χ1n) is 12.3. The predicted molar refractivity (Wildman–Crippen MR) is 137 cm³/mol. The highest BCUT2D eigenvalue weighted by Gasteiger charge is 2.46. The van der Waals surface area contributed by atoms with E-state index in [1.54, 1.807) is 23.1 Å². The van der Waals surface area contributed by atoms with Gasteiger partial charge in [0.1, 0.15) is 11.5 Å². The molecule has 6 nitrogen and oxygen atoms in total. The number of carbonyl (C=O) groups excluding carboxylic acids is 2. The van der Waals surface area contributed by atoms with Gasteiger partial charge >= 0.3 is 0 Å². The van der Waals surface area contributed by atoms with Crippen LogP contribution in [0.25, 0.3) is 5.76 Å². The van der Waals surface area contributed by atoms with Crippen molar-refractivity contribution in [3.8, 4) is 5.75 Å². The van der Waals surface area contributed by atoms with Gasteiger partial charge in [-0.05, 0) is 74.9 Å². The number of Topliss-reactive ketones (excluding diaryl/α,β-unsaturated/α-hetero) is 1. The van der Waals surface area contributed by atoms with Crippen LogP contribution in [0.2, 0.25) is 0 Å². The van der Waals surface area contributed by atoms with Crippen LogP contribution in [0.15, 0.2) is 48.0 Å². The minimum atomic E-state index is -0.668. The maximum Gasteiger partial charge on any atom is 0.295 e. The molecule has 1 N–H and O–H groups in total. The predicted octanol–water partition coefficient (Wildman–Crippen LogP) is 5.58. The Bertz CT molecular complexity index is 1100. The highest BCUT2D eigenvalue weighted by molar-refractivity contribution is 6.46. The molecule has 3 rings (SSSR count). The Morgan fingerprint density at radius 1 is 1.03 bits per heavy atom. The molecule has 0 saturated carbocycles. The minimum absolute atomic E-state index is 0.0910. The van der Waals surface area contributed by atoms with Crippen LogP contribution in [-0.4, -0.2) is 47.6 Å². The summed E-state index contributed by atoms with van der Waals surface area (Å²) in [4.78, 5) is 27.9. The molecule has 1 unspecified atom stereocenters. The molecule has 0 bridgehead atoms. The van der Waals surface area contributed by atoms with Gasteiger partial charge in [0.15, 0.2) is 0 Å². The third-order valence-corrected chi connectivity index (χ3v) is 6.04. The molecule has 0 aromatic heterocycles. The van der Waals surface area contributed by atoms with Crippen molar-refractivity contribution in [3.63, 3.8) is 0 Å². The summed E-state index contributed by atoms with van der Waals surface area (Å²) in [6, 6.07) is 12.3. The Kier molecular flexibility index (Phi) is 8.73. The highest BCUT2D eigenvalue weighted by atomic mass is 16.5. The normalized spacial score (nSPS) is 17.6. The summed E-state index contributed by atoms with van der Waals surface area (Å²) in [6.07, 6.45) is 0.683. The Labute approximate surface area is 208 Å². The van der Waals surface area contributed by atoms with Crippen molar-refractivity contribution in [2.75, 3.05) is 19.8 Å². The SMILES string of the molecule is Cc1cc(/C(O)=C2\C(=O)C(=O)N(CCCOC(C)C)C2c2ccccc2C)ccc1OCC(C)C. The number of aliphatic hydroxyl groups is 1. The number of ketones is 1. The number of aliphatic hydroxyl groups excluding tert-OH is 1. The van der Waals surface area contributed by atoms with E-state index in [1.807, 2.05) is 52.0 Å². The number of rotatable bonds is 10. The van der Waals surface area contributed by atoms with Crippen LogP contribution in [0.5, 0.6) is 5.75 Å². The van der Waals surface area contributed by atoms with Gasteiger partial charge in [0, 0.05) is 18.7 Å². The molecule has 0 spiro atoms. The van der Waals surface area contributed by atoms with Crippen LogP contribution in [0.1, 0.15) is 62.4 Å². The smallest absolute Gasteiger partial charge is 0.295 e. The number of carbonyl (C=O) groups is 2. The van der Waals surface area contributed by atoms with Crippen molar-refractivity contribution < 1.29 is 24.2 Å². The summed E-state index contributed by atoms with van der Waals surface area (Å²) in [7, 11) is 0. The zero-order chi connectivity index (χ0) is 25.7. The van der Waals surface area contributed by atoms with E-state index in [4.69, 9.17) is 9.47 Å². The van der Waals surface area contributed by atoms with Gasteiger partial charge in [0.05, 0.1) is 24.3 Å². The Balaban J connectivity index is 2.02. The van der Waals surface area contributed by atoms with Gasteiger partial charge in [0.2, 0.25) is 0 Å². The number of amides is 1. The molecule has 0 radical (unpaired) electrons. The summed E-state index contributed by atoms with van der Waals surface area (Å²) in [5, 5.41) is 11.3. The lowest BCUT2D eigenvalue weighted by Crippen LogP contribution is -2.31. The van der Waals surface area contributed by atoms with Crippen molar-refractivity contribution in [1.29, 1.82) is 0 Å². The van der Waals surface area contributed by atoms with E-state index < -0.39 is 17.7 Å². The van der Waals surface area contributed by atoms with E-state index in [0.29, 0.717) is 37.7 Å². The molecule has 0 aliphatic carbocycles. The van der Waals surface area contributed by atoms with Crippen molar-refractivity contribution >= 4 is 17.4 Å². The van der Waals surface area contributed by atoms with E-state index in [9.17, 15) is 14.7 Å². The van der Waals surface area contributed by atoms with Crippen LogP contribution in [0, 0.1) is 19.8 Å². The van der Waals surface area contributed by atoms with Gasteiger partial charge in [0.25, 0.3) is 11.7 Å². The van der Waals surface area contributed by atoms with E-state index in [1.165, 1.54) is 0 Å². The molecule has 1 saturated heterocycles. The standard InChI is InChI=1S/C29H37NO5/c1-18(2)17-35-24-13-12-22(16-21(24)6)27(31)25-26(23-11-8-7-10-20(23)5)30(29(33)28(25)32)14-9-15-34-19(3)4/h7-8,10-13,16,18-19,26,31H,9,14-15,17H2,1-6H3/b27-25+. The van der Waals surface area contributed by atoms with Crippen LogP contribution in [0.4, 0.5) is 0 Å². The highest BCUT2D eigenvalue weighted by Crippen LogP contribution is 2.41. The van der Waals surface area contributed by atoms with Gasteiger partial charge in [-0.1, -0.05) is 38.1 Å². The van der Waals surface area contributed by atoms with Gasteiger partial charge < -0.3 is 19.5 Å². The zero-order valence-corrected chi connectivity index (χ0v) is 21.6. The van der Waals surface area contributed by atoms with Gasteiger partial charge in [-0.3, -0.25) is 9.59 Å². The molecule has 35 heavy (non-hydrogen) atoms. The van der Waals surface area contributed by atoms with Crippen LogP contribution >= 0.6 is 0 Å². The molecule has 1 atom stereocenters. The molecule has 1 fully saturated rings. The monoisotopic (exact) mass is 479 g/mol. The summed E-state index contributed by atoms with van der Waals surface area (Å²) < 4.78 is 11.5. The number of hydrogen-bond donors (Lipinski definition) is 1. The molecular formula is C29H37NO5. The molecule has 1 amide bonds. The van der Waals surface area contributed by atoms with Gasteiger partial charge in [-0.2, -0.15) is 0 Å². The molecule has 1 heterocycles. The molecule has 2 aromatic carbocycles. The quantitative estimate of drug-likeness (QED) is 0.209. The maximum absolute atomic E-state index is 13.2. The van der Waals surface area contributed by atoms with E-state index in [-0.39, 0.29) is 17.4 Å². The molecule has 2 aromatic rings. The average molecular weight is 480 g/mol. The third kappa shape index (κ3) is 6.12. The van der Waals surface area contributed by atoms with Crippen LogP contribution in [-0.2, 0) is 14.3 Å².